The molecule has 1 aliphatic carbocycles. The van der Waals surface area contributed by atoms with Crippen molar-refractivity contribution < 1.29 is 24.2 Å². The van der Waals surface area contributed by atoms with E-state index < -0.39 is 18.0 Å². The van der Waals surface area contributed by atoms with Crippen molar-refractivity contribution in [3.05, 3.63) is 59.7 Å². The number of carboxylic acids is 1. The Balaban J connectivity index is 1.48. The summed E-state index contributed by atoms with van der Waals surface area (Å²) in [5.41, 5.74) is 4.66. The van der Waals surface area contributed by atoms with Crippen molar-refractivity contribution >= 4 is 18.0 Å². The van der Waals surface area contributed by atoms with Gasteiger partial charge in [-0.1, -0.05) is 62.4 Å². The summed E-state index contributed by atoms with van der Waals surface area (Å²) in [4.78, 5) is 35.6. The molecule has 0 spiro atoms. The van der Waals surface area contributed by atoms with E-state index in [-0.39, 0.29) is 37.4 Å². The zero-order valence-corrected chi connectivity index (χ0v) is 19.2. The summed E-state index contributed by atoms with van der Waals surface area (Å²) >= 11 is 0. The average Bonchev–Trinajstić information content (AvgIpc) is 3.14. The maximum atomic E-state index is 12.5. The van der Waals surface area contributed by atoms with Gasteiger partial charge in [-0.05, 0) is 41.5 Å². The molecule has 1 aliphatic rings. The first-order valence-corrected chi connectivity index (χ1v) is 11.6. The van der Waals surface area contributed by atoms with Gasteiger partial charge in [-0.3, -0.25) is 9.59 Å². The van der Waals surface area contributed by atoms with Gasteiger partial charge < -0.3 is 20.5 Å². The van der Waals surface area contributed by atoms with Crippen LogP contribution in [0.25, 0.3) is 11.1 Å². The molecule has 0 saturated heterocycles. The SMILES string of the molecule is CCC(CCC(=O)NCC(CC)C(=O)O)NC(=O)OCC1c2ccccc2-c2ccccc21. The Morgan fingerprint density at radius 1 is 0.970 bits per heavy atom. The molecule has 0 fully saturated rings. The van der Waals surface area contributed by atoms with E-state index in [1.54, 1.807) is 6.92 Å². The van der Waals surface area contributed by atoms with E-state index in [1.165, 1.54) is 11.1 Å². The number of carbonyl (C=O) groups is 3. The molecule has 0 heterocycles. The lowest BCUT2D eigenvalue weighted by molar-refractivity contribution is -0.141. The van der Waals surface area contributed by atoms with E-state index >= 15 is 0 Å². The lowest BCUT2D eigenvalue weighted by Crippen LogP contribution is -2.37. The zero-order valence-electron chi connectivity index (χ0n) is 19.2. The minimum atomic E-state index is -0.916. The number of hydrogen-bond acceptors (Lipinski definition) is 4. The molecule has 2 unspecified atom stereocenters. The molecule has 176 valence electrons. The Morgan fingerprint density at radius 3 is 2.12 bits per heavy atom. The van der Waals surface area contributed by atoms with Crippen molar-refractivity contribution in [2.75, 3.05) is 13.2 Å². The van der Waals surface area contributed by atoms with Gasteiger partial charge in [-0.2, -0.15) is 0 Å². The Bertz CT molecular complexity index is 945. The smallest absolute Gasteiger partial charge is 0.407 e. The van der Waals surface area contributed by atoms with E-state index in [0.717, 1.165) is 11.1 Å². The van der Waals surface area contributed by atoms with Crippen LogP contribution >= 0.6 is 0 Å². The number of alkyl carbamates (subject to hydrolysis) is 1. The lowest BCUT2D eigenvalue weighted by Gasteiger charge is -2.19. The number of carbonyl (C=O) groups excluding carboxylic acids is 2. The van der Waals surface area contributed by atoms with Gasteiger partial charge in [0, 0.05) is 24.9 Å². The molecule has 3 N–H and O–H groups in total. The minimum absolute atomic E-state index is 0.00486. The van der Waals surface area contributed by atoms with Crippen LogP contribution in [-0.4, -0.2) is 42.3 Å². The number of fused-ring (bicyclic) bond motifs is 3. The molecule has 0 bridgehead atoms. The average molecular weight is 453 g/mol. The first-order valence-electron chi connectivity index (χ1n) is 11.6. The first-order chi connectivity index (χ1) is 15.9. The van der Waals surface area contributed by atoms with Gasteiger partial charge in [-0.15, -0.1) is 0 Å². The molecule has 2 aromatic rings. The van der Waals surface area contributed by atoms with Gasteiger partial charge >= 0.3 is 12.1 Å². The summed E-state index contributed by atoms with van der Waals surface area (Å²) in [5.74, 6) is -1.73. The molecule has 7 heteroatoms. The summed E-state index contributed by atoms with van der Waals surface area (Å²) in [6.45, 7) is 4.06. The first kappa shape index (κ1) is 24.3. The molecular formula is C26H32N2O5. The topological polar surface area (TPSA) is 105 Å². The van der Waals surface area contributed by atoms with Crippen molar-refractivity contribution in [1.29, 1.82) is 0 Å². The third-order valence-electron chi connectivity index (χ3n) is 6.27. The molecule has 3 rings (SSSR count). The van der Waals surface area contributed by atoms with Crippen LogP contribution < -0.4 is 10.6 Å². The number of rotatable bonds is 11. The monoisotopic (exact) mass is 452 g/mol. The molecule has 0 aliphatic heterocycles. The second-order valence-electron chi connectivity index (χ2n) is 8.36. The molecule has 2 amide bonds. The number of amides is 2. The second-order valence-corrected chi connectivity index (χ2v) is 8.36. The number of carboxylic acid groups (broad SMARTS) is 1. The van der Waals surface area contributed by atoms with Gasteiger partial charge in [0.25, 0.3) is 0 Å². The highest BCUT2D eigenvalue weighted by Crippen LogP contribution is 2.44. The van der Waals surface area contributed by atoms with Crippen molar-refractivity contribution in [1.82, 2.24) is 10.6 Å². The molecular weight excluding hydrogens is 420 g/mol. The van der Waals surface area contributed by atoms with Crippen LogP contribution in [0.15, 0.2) is 48.5 Å². The van der Waals surface area contributed by atoms with E-state index in [0.29, 0.717) is 19.3 Å². The summed E-state index contributed by atoms with van der Waals surface area (Å²) in [5, 5.41) is 14.6. The van der Waals surface area contributed by atoms with Crippen molar-refractivity contribution in [3.8, 4) is 11.1 Å². The number of ether oxygens (including phenoxy) is 1. The van der Waals surface area contributed by atoms with Crippen molar-refractivity contribution in [3.63, 3.8) is 0 Å². The third kappa shape index (κ3) is 6.12. The lowest BCUT2D eigenvalue weighted by atomic mass is 9.98. The van der Waals surface area contributed by atoms with E-state index in [1.807, 2.05) is 31.2 Å². The molecule has 33 heavy (non-hydrogen) atoms. The molecule has 7 nitrogen and oxygen atoms in total. The van der Waals surface area contributed by atoms with E-state index in [4.69, 9.17) is 9.84 Å². The van der Waals surface area contributed by atoms with Gasteiger partial charge in [0.05, 0.1) is 5.92 Å². The van der Waals surface area contributed by atoms with Crippen LogP contribution in [0.3, 0.4) is 0 Å². The predicted octanol–water partition coefficient (Wildman–Crippen LogP) is 4.31. The van der Waals surface area contributed by atoms with Crippen LogP contribution in [0, 0.1) is 5.92 Å². The fourth-order valence-electron chi connectivity index (χ4n) is 4.22. The summed E-state index contributed by atoms with van der Waals surface area (Å²) in [6, 6.07) is 16.1. The van der Waals surface area contributed by atoms with E-state index in [2.05, 4.69) is 34.9 Å². The highest BCUT2D eigenvalue weighted by molar-refractivity contribution is 5.79. The summed E-state index contributed by atoms with van der Waals surface area (Å²) < 4.78 is 5.58. The van der Waals surface area contributed by atoms with Crippen LogP contribution in [0.2, 0.25) is 0 Å². The normalized spacial score (nSPS) is 14.0. The molecule has 0 saturated carbocycles. The standard InChI is InChI=1S/C26H32N2O5/c1-3-17(25(30)31)15-27-24(29)14-13-18(4-2)28-26(32)33-16-23-21-11-7-5-9-19(21)20-10-6-8-12-22(20)23/h5-12,17-18,23H,3-4,13-16H2,1-2H3,(H,27,29)(H,28,32)(H,30,31). The van der Waals surface area contributed by atoms with Crippen LogP contribution in [-0.2, 0) is 14.3 Å². The number of benzene rings is 2. The van der Waals surface area contributed by atoms with Crippen molar-refractivity contribution in [2.24, 2.45) is 5.92 Å². The highest BCUT2D eigenvalue weighted by Gasteiger charge is 2.29. The summed E-state index contributed by atoms with van der Waals surface area (Å²) in [7, 11) is 0. The Morgan fingerprint density at radius 2 is 1.58 bits per heavy atom. The van der Waals surface area contributed by atoms with Gasteiger partial charge in [0.1, 0.15) is 6.61 Å². The summed E-state index contributed by atoms with van der Waals surface area (Å²) in [6.07, 6.45) is 1.27. The van der Waals surface area contributed by atoms with Crippen LogP contribution in [0.4, 0.5) is 4.79 Å². The zero-order chi connectivity index (χ0) is 23.8. The number of nitrogens with one attached hydrogen (secondary N) is 2. The van der Waals surface area contributed by atoms with Crippen LogP contribution in [0.1, 0.15) is 56.6 Å². The van der Waals surface area contributed by atoms with Gasteiger partial charge in [0.15, 0.2) is 0 Å². The molecule has 0 aromatic heterocycles. The predicted molar refractivity (Wildman–Crippen MR) is 126 cm³/mol. The minimum Gasteiger partial charge on any atom is -0.481 e. The largest absolute Gasteiger partial charge is 0.481 e. The highest BCUT2D eigenvalue weighted by atomic mass is 16.5. The van der Waals surface area contributed by atoms with E-state index in [9.17, 15) is 14.4 Å². The van der Waals surface area contributed by atoms with Gasteiger partial charge in [0.2, 0.25) is 5.91 Å². The maximum absolute atomic E-state index is 12.5. The van der Waals surface area contributed by atoms with Gasteiger partial charge in [-0.25, -0.2) is 4.79 Å². The molecule has 2 aromatic carbocycles. The fourth-order valence-corrected chi connectivity index (χ4v) is 4.22. The Labute approximate surface area is 194 Å². The number of hydrogen-bond donors (Lipinski definition) is 3. The fraction of sp³-hybridized carbons (Fsp3) is 0.423. The second kappa shape index (κ2) is 11.5. The quantitative estimate of drug-likeness (QED) is 0.471. The Hall–Kier alpha value is -3.35. The van der Waals surface area contributed by atoms with Crippen molar-refractivity contribution in [2.45, 2.75) is 51.5 Å². The molecule has 0 radical (unpaired) electrons. The van der Waals surface area contributed by atoms with Crippen LogP contribution in [0.5, 0.6) is 0 Å². The Kier molecular flexibility index (Phi) is 8.46. The number of aliphatic carboxylic acids is 1. The third-order valence-corrected chi connectivity index (χ3v) is 6.27. The maximum Gasteiger partial charge on any atom is 0.407 e. The molecule has 2 atom stereocenters.